The molecule has 2 amide bonds. The maximum Gasteiger partial charge on any atom is 0.335 e. The fraction of sp³-hybridized carbons (Fsp3) is 0.167. The molecule has 1 aromatic carbocycles. The Bertz CT molecular complexity index is 838. The summed E-state index contributed by atoms with van der Waals surface area (Å²) in [7, 11) is -2.91. The summed E-state index contributed by atoms with van der Waals surface area (Å²) < 4.78 is 30.8. The largest absolute Gasteiger partial charge is 0.467 e. The first-order valence-corrected chi connectivity index (χ1v) is 8.20. The Labute approximate surface area is 141 Å². The fourth-order valence-corrected chi connectivity index (χ4v) is 3.01. The van der Waals surface area contributed by atoms with Crippen molar-refractivity contribution in [2.75, 3.05) is 12.4 Å². The molecule has 2 rings (SSSR count). The second-order valence-electron chi connectivity index (χ2n) is 4.21. The predicted octanol–water partition coefficient (Wildman–Crippen LogP) is 0.536. The van der Waals surface area contributed by atoms with Gasteiger partial charge < -0.3 is 9.84 Å². The van der Waals surface area contributed by atoms with Crippen LogP contribution in [0.3, 0.4) is 0 Å². The van der Waals surface area contributed by atoms with Gasteiger partial charge in [0.15, 0.2) is 5.82 Å². The summed E-state index contributed by atoms with van der Waals surface area (Å²) in [4.78, 5) is 22.7. The molecule has 24 heavy (non-hydrogen) atoms. The number of hydrogen-bond donors (Lipinski definition) is 3. The lowest BCUT2D eigenvalue weighted by Crippen LogP contribution is -2.35. The van der Waals surface area contributed by atoms with Gasteiger partial charge in [0.2, 0.25) is 5.95 Å². The molecular weight excluding hydrogens is 362 g/mol. The second kappa shape index (κ2) is 7.38. The van der Waals surface area contributed by atoms with E-state index in [0.717, 1.165) is 0 Å². The average Bonchev–Trinajstić information content (AvgIpc) is 2.53. The van der Waals surface area contributed by atoms with Gasteiger partial charge in [-0.05, 0) is 12.1 Å². The number of aliphatic hydroxyl groups is 1. The molecule has 0 aliphatic heterocycles. The van der Waals surface area contributed by atoms with Crippen molar-refractivity contribution in [1.82, 2.24) is 19.7 Å². The van der Waals surface area contributed by atoms with Crippen molar-refractivity contribution in [3.63, 3.8) is 0 Å². The molecule has 0 bridgehead atoms. The summed E-state index contributed by atoms with van der Waals surface area (Å²) in [6, 6.07) is 4.36. The highest BCUT2D eigenvalue weighted by Crippen LogP contribution is 2.20. The van der Waals surface area contributed by atoms with E-state index in [1.807, 2.05) is 0 Å². The first-order valence-electron chi connectivity index (χ1n) is 6.34. The molecule has 12 heteroatoms. The van der Waals surface area contributed by atoms with Gasteiger partial charge in [-0.2, -0.15) is 15.0 Å². The molecule has 0 aliphatic carbocycles. The summed E-state index contributed by atoms with van der Waals surface area (Å²) >= 11 is 5.80. The third-order valence-electron chi connectivity index (χ3n) is 2.56. The van der Waals surface area contributed by atoms with E-state index >= 15 is 0 Å². The highest BCUT2D eigenvalue weighted by atomic mass is 35.5. The number of benzene rings is 1. The van der Waals surface area contributed by atoms with E-state index in [-0.39, 0.29) is 27.7 Å². The smallest absolute Gasteiger partial charge is 0.335 e. The lowest BCUT2D eigenvalue weighted by Gasteiger charge is -2.09. The first-order chi connectivity index (χ1) is 11.4. The number of methoxy groups -OCH3 is 1. The Morgan fingerprint density at radius 2 is 2.00 bits per heavy atom. The molecule has 0 radical (unpaired) electrons. The van der Waals surface area contributed by atoms with E-state index in [2.05, 4.69) is 20.3 Å². The van der Waals surface area contributed by atoms with Crippen LogP contribution in [0.25, 0.3) is 0 Å². The molecule has 1 heterocycles. The number of hydrogen-bond acceptors (Lipinski definition) is 8. The molecule has 0 fully saturated rings. The number of halogens is 1. The number of amides is 2. The highest BCUT2D eigenvalue weighted by molar-refractivity contribution is 7.90. The molecule has 2 aromatic rings. The topological polar surface area (TPSA) is 143 Å². The van der Waals surface area contributed by atoms with Gasteiger partial charge in [0.05, 0.1) is 12.1 Å². The third-order valence-corrected chi connectivity index (χ3v) is 4.39. The summed E-state index contributed by atoms with van der Waals surface area (Å²) in [6.45, 7) is -0.521. The van der Waals surface area contributed by atoms with Crippen LogP contribution in [0.4, 0.5) is 10.7 Å². The molecule has 0 spiro atoms. The van der Waals surface area contributed by atoms with Gasteiger partial charge >= 0.3 is 12.0 Å². The molecule has 10 nitrogen and oxygen atoms in total. The normalized spacial score (nSPS) is 11.0. The van der Waals surface area contributed by atoms with Crippen molar-refractivity contribution >= 4 is 33.6 Å². The van der Waals surface area contributed by atoms with Gasteiger partial charge in [0.1, 0.15) is 11.5 Å². The van der Waals surface area contributed by atoms with Crippen LogP contribution in [0.1, 0.15) is 5.82 Å². The number of ether oxygens (including phenoxy) is 1. The Morgan fingerprint density at radius 1 is 1.29 bits per heavy atom. The summed E-state index contributed by atoms with van der Waals surface area (Å²) in [5.41, 5.74) is 0. The van der Waals surface area contributed by atoms with Gasteiger partial charge in [-0.15, -0.1) is 0 Å². The zero-order valence-corrected chi connectivity index (χ0v) is 13.8. The Kier molecular flexibility index (Phi) is 5.49. The number of nitrogens with zero attached hydrogens (tertiary/aromatic N) is 3. The van der Waals surface area contributed by atoms with Crippen LogP contribution in [-0.2, 0) is 16.6 Å². The van der Waals surface area contributed by atoms with Crippen LogP contribution in [0, 0.1) is 0 Å². The number of aliphatic hydroxyl groups excluding tert-OH is 1. The van der Waals surface area contributed by atoms with E-state index in [0.29, 0.717) is 0 Å². The standard InChI is InChI=1S/C12H12ClN5O5S/c1-23-12-15-9(6-19)14-10(17-12)16-11(20)18-24(21,22)8-5-3-2-4-7(8)13/h2-5,19H,6H2,1H3,(H2,14,15,16,17,18,20). The number of carbonyl (C=O) groups excluding carboxylic acids is 1. The molecule has 128 valence electrons. The second-order valence-corrected chi connectivity index (χ2v) is 6.27. The zero-order chi connectivity index (χ0) is 17.7. The number of sulfonamides is 1. The molecule has 0 saturated carbocycles. The SMILES string of the molecule is COc1nc(CO)nc(NC(=O)NS(=O)(=O)c2ccccc2Cl)n1. The van der Waals surface area contributed by atoms with Crippen LogP contribution in [0.15, 0.2) is 29.2 Å². The van der Waals surface area contributed by atoms with Crippen molar-refractivity contribution in [3.05, 3.63) is 35.1 Å². The van der Waals surface area contributed by atoms with E-state index < -0.39 is 22.7 Å². The quantitative estimate of drug-likeness (QED) is 0.688. The molecule has 0 saturated heterocycles. The predicted molar refractivity (Wildman–Crippen MR) is 83.1 cm³/mol. The third kappa shape index (κ3) is 4.28. The Balaban J connectivity index is 2.18. The van der Waals surface area contributed by atoms with Crippen LogP contribution in [0.5, 0.6) is 6.01 Å². The summed E-state index contributed by atoms with van der Waals surface area (Å²) in [6.07, 6.45) is 0. The molecule has 3 N–H and O–H groups in total. The van der Waals surface area contributed by atoms with Crippen molar-refractivity contribution in [3.8, 4) is 6.01 Å². The van der Waals surface area contributed by atoms with Crippen molar-refractivity contribution < 1.29 is 23.1 Å². The van der Waals surface area contributed by atoms with E-state index in [1.165, 1.54) is 25.3 Å². The number of urea groups is 1. The number of anilines is 1. The molecule has 0 aliphatic rings. The van der Waals surface area contributed by atoms with Gasteiger partial charge in [-0.1, -0.05) is 23.7 Å². The van der Waals surface area contributed by atoms with Crippen molar-refractivity contribution in [2.45, 2.75) is 11.5 Å². The van der Waals surface area contributed by atoms with E-state index in [1.54, 1.807) is 10.8 Å². The van der Waals surface area contributed by atoms with E-state index in [4.69, 9.17) is 21.4 Å². The summed E-state index contributed by atoms with van der Waals surface area (Å²) in [5.74, 6) is -0.358. The minimum atomic E-state index is -4.19. The van der Waals surface area contributed by atoms with Crippen LogP contribution >= 0.6 is 11.6 Å². The van der Waals surface area contributed by atoms with Crippen molar-refractivity contribution in [2.24, 2.45) is 0 Å². The number of carbonyl (C=O) groups is 1. The minimum Gasteiger partial charge on any atom is -0.467 e. The van der Waals surface area contributed by atoms with Crippen LogP contribution in [-0.4, -0.2) is 41.6 Å². The average molecular weight is 374 g/mol. The maximum atomic E-state index is 12.1. The fourth-order valence-electron chi connectivity index (χ4n) is 1.58. The zero-order valence-electron chi connectivity index (χ0n) is 12.2. The highest BCUT2D eigenvalue weighted by Gasteiger charge is 2.21. The van der Waals surface area contributed by atoms with Crippen LogP contribution < -0.4 is 14.8 Å². The Morgan fingerprint density at radius 3 is 2.62 bits per heavy atom. The molecule has 0 unspecified atom stereocenters. The van der Waals surface area contributed by atoms with Gasteiger partial charge in [0, 0.05) is 0 Å². The first kappa shape index (κ1) is 17.8. The van der Waals surface area contributed by atoms with Gasteiger partial charge in [0.25, 0.3) is 10.0 Å². The van der Waals surface area contributed by atoms with Crippen molar-refractivity contribution in [1.29, 1.82) is 0 Å². The number of nitrogens with one attached hydrogen (secondary N) is 2. The number of rotatable bonds is 5. The summed E-state index contributed by atoms with van der Waals surface area (Å²) in [5, 5.41) is 11.1. The lowest BCUT2D eigenvalue weighted by molar-refractivity contribution is 0.255. The minimum absolute atomic E-state index is 0.0396. The monoisotopic (exact) mass is 373 g/mol. The van der Waals surface area contributed by atoms with Gasteiger partial charge in [-0.3, -0.25) is 5.32 Å². The lowest BCUT2D eigenvalue weighted by atomic mass is 10.4. The van der Waals surface area contributed by atoms with Crippen LogP contribution in [0.2, 0.25) is 5.02 Å². The van der Waals surface area contributed by atoms with E-state index in [9.17, 15) is 13.2 Å². The molecular formula is C12H12ClN5O5S. The Hall–Kier alpha value is -2.50. The number of aromatic nitrogens is 3. The molecule has 0 atom stereocenters. The maximum absolute atomic E-state index is 12.1. The molecule has 1 aromatic heterocycles. The van der Waals surface area contributed by atoms with Gasteiger partial charge in [-0.25, -0.2) is 17.9 Å².